The zero-order valence-electron chi connectivity index (χ0n) is 9.04. The normalized spacial score (nSPS) is 10.9. The second kappa shape index (κ2) is 3.85. The summed E-state index contributed by atoms with van der Waals surface area (Å²) in [6.45, 7) is 0. The molecule has 0 aliphatic heterocycles. The minimum atomic E-state index is -1.07. The van der Waals surface area contributed by atoms with Crippen molar-refractivity contribution in [3.05, 3.63) is 36.0 Å². The van der Waals surface area contributed by atoms with Crippen LogP contribution >= 0.6 is 11.3 Å². The highest BCUT2D eigenvalue weighted by Gasteiger charge is 2.12. The van der Waals surface area contributed by atoms with E-state index in [1.54, 1.807) is 12.1 Å². The number of carboxylic acid groups (broad SMARTS) is 1. The van der Waals surface area contributed by atoms with Gasteiger partial charge in [0.1, 0.15) is 5.75 Å². The van der Waals surface area contributed by atoms with E-state index in [1.807, 2.05) is 12.1 Å². The molecule has 0 saturated heterocycles. The van der Waals surface area contributed by atoms with Gasteiger partial charge in [0, 0.05) is 0 Å². The van der Waals surface area contributed by atoms with E-state index >= 15 is 0 Å². The Kier molecular flexibility index (Phi) is 2.31. The average molecular weight is 260 g/mol. The zero-order valence-corrected chi connectivity index (χ0v) is 9.86. The number of carboxylic acids is 1. The molecule has 18 heavy (non-hydrogen) atoms. The van der Waals surface area contributed by atoms with Gasteiger partial charge in [0.05, 0.1) is 15.3 Å². The molecule has 3 rings (SSSR count). The number of nitrogens with one attached hydrogen (secondary N) is 1. The van der Waals surface area contributed by atoms with Crippen LogP contribution in [0.15, 0.2) is 30.3 Å². The maximum absolute atomic E-state index is 10.8. The molecule has 0 amide bonds. The second-order valence-electron chi connectivity index (χ2n) is 3.78. The quantitative estimate of drug-likeness (QED) is 0.661. The molecule has 0 bridgehead atoms. The van der Waals surface area contributed by atoms with Crippen LogP contribution in [0.3, 0.4) is 0 Å². The lowest BCUT2D eigenvalue weighted by atomic mass is 10.2. The van der Waals surface area contributed by atoms with Crippen molar-refractivity contribution in [2.45, 2.75) is 0 Å². The second-order valence-corrected chi connectivity index (χ2v) is 4.83. The molecule has 90 valence electrons. The Bertz CT molecular complexity index is 745. The van der Waals surface area contributed by atoms with Gasteiger partial charge in [0.2, 0.25) is 0 Å². The van der Waals surface area contributed by atoms with E-state index in [2.05, 4.69) is 10.2 Å². The van der Waals surface area contributed by atoms with Crippen LogP contribution in [-0.4, -0.2) is 26.4 Å². The number of nitrogens with zero attached hydrogens (tertiary/aromatic N) is 1. The van der Waals surface area contributed by atoms with Gasteiger partial charge in [-0.1, -0.05) is 12.1 Å². The molecule has 6 heteroatoms. The molecule has 3 N–H and O–H groups in total. The van der Waals surface area contributed by atoms with Crippen LogP contribution in [0.4, 0.5) is 0 Å². The number of aromatic amines is 1. The molecule has 0 radical (unpaired) electrons. The van der Waals surface area contributed by atoms with Crippen molar-refractivity contribution in [2.24, 2.45) is 0 Å². The Hall–Kier alpha value is -2.34. The molecule has 2 aromatic heterocycles. The molecule has 0 unspecified atom stereocenters. The summed E-state index contributed by atoms with van der Waals surface area (Å²) in [5, 5.41) is 25.8. The fourth-order valence-corrected chi connectivity index (χ4v) is 2.78. The summed E-state index contributed by atoms with van der Waals surface area (Å²) in [6, 6.07) is 8.65. The first-order valence-electron chi connectivity index (χ1n) is 5.16. The fraction of sp³-hybridized carbons (Fsp3) is 0. The summed E-state index contributed by atoms with van der Waals surface area (Å²) < 4.78 is 0.777. The molecular weight excluding hydrogens is 252 g/mol. The number of hydrogen-bond acceptors (Lipinski definition) is 4. The third-order valence-corrected chi connectivity index (χ3v) is 3.79. The minimum absolute atomic E-state index is 0.0216. The summed E-state index contributed by atoms with van der Waals surface area (Å²) in [5.74, 6) is -0.844. The Balaban J connectivity index is 2.13. The summed E-state index contributed by atoms with van der Waals surface area (Å²) in [5.41, 5.74) is 0.611. The van der Waals surface area contributed by atoms with Gasteiger partial charge in [-0.15, -0.1) is 11.3 Å². The SMILES string of the molecule is O=C(O)c1cc(-c2cc3cccc(O)c3s2)[nH]n1. The van der Waals surface area contributed by atoms with Crippen LogP contribution in [0.25, 0.3) is 20.7 Å². The fourth-order valence-electron chi connectivity index (χ4n) is 1.74. The molecular formula is C12H8N2O3S. The number of aromatic carboxylic acids is 1. The van der Waals surface area contributed by atoms with E-state index < -0.39 is 5.97 Å². The largest absolute Gasteiger partial charge is 0.506 e. The van der Waals surface area contributed by atoms with Gasteiger partial charge in [-0.3, -0.25) is 5.10 Å². The number of hydrogen-bond donors (Lipinski definition) is 3. The number of carbonyl (C=O) groups is 1. The van der Waals surface area contributed by atoms with Gasteiger partial charge in [-0.25, -0.2) is 4.79 Å². The van der Waals surface area contributed by atoms with Gasteiger partial charge in [0.15, 0.2) is 5.69 Å². The predicted octanol–water partition coefficient (Wildman–Crippen LogP) is 2.70. The molecule has 0 aliphatic carbocycles. The summed E-state index contributed by atoms with van der Waals surface area (Å²) in [4.78, 5) is 11.6. The standard InChI is InChI=1S/C12H8N2O3S/c15-9-3-1-2-6-4-10(18-11(6)9)7-5-8(12(16)17)14-13-7/h1-5,15H,(H,13,14)(H,16,17). The number of rotatable bonds is 2. The van der Waals surface area contributed by atoms with E-state index in [4.69, 9.17) is 5.11 Å². The Morgan fingerprint density at radius 1 is 1.33 bits per heavy atom. The molecule has 1 aromatic carbocycles. The first kappa shape index (κ1) is 10.8. The number of benzene rings is 1. The Labute approximate surface area is 105 Å². The highest BCUT2D eigenvalue weighted by Crippen LogP contribution is 2.37. The molecule has 2 heterocycles. The maximum Gasteiger partial charge on any atom is 0.356 e. The third kappa shape index (κ3) is 1.63. The van der Waals surface area contributed by atoms with Crippen molar-refractivity contribution in [3.63, 3.8) is 0 Å². The Morgan fingerprint density at radius 2 is 2.17 bits per heavy atom. The van der Waals surface area contributed by atoms with Crippen LogP contribution in [0.5, 0.6) is 5.75 Å². The molecule has 0 aliphatic rings. The van der Waals surface area contributed by atoms with Crippen LogP contribution < -0.4 is 0 Å². The highest BCUT2D eigenvalue weighted by molar-refractivity contribution is 7.22. The maximum atomic E-state index is 10.8. The average Bonchev–Trinajstić information content (AvgIpc) is 2.95. The molecule has 0 spiro atoms. The van der Waals surface area contributed by atoms with Crippen LogP contribution in [-0.2, 0) is 0 Å². The van der Waals surface area contributed by atoms with Crippen LogP contribution in [0, 0.1) is 0 Å². The molecule has 5 nitrogen and oxygen atoms in total. The van der Waals surface area contributed by atoms with Crippen LogP contribution in [0.2, 0.25) is 0 Å². The predicted molar refractivity (Wildman–Crippen MR) is 68.0 cm³/mol. The van der Waals surface area contributed by atoms with Crippen molar-refractivity contribution >= 4 is 27.4 Å². The monoisotopic (exact) mass is 260 g/mol. The van der Waals surface area contributed by atoms with Gasteiger partial charge < -0.3 is 10.2 Å². The number of aromatic hydroxyl groups is 1. The van der Waals surface area contributed by atoms with Gasteiger partial charge >= 0.3 is 5.97 Å². The van der Waals surface area contributed by atoms with Crippen LogP contribution in [0.1, 0.15) is 10.5 Å². The Morgan fingerprint density at radius 3 is 2.83 bits per heavy atom. The van der Waals surface area contributed by atoms with Crippen molar-refractivity contribution in [1.29, 1.82) is 0 Å². The van der Waals surface area contributed by atoms with Crippen molar-refractivity contribution in [3.8, 4) is 16.3 Å². The lowest BCUT2D eigenvalue weighted by molar-refractivity contribution is 0.0690. The van der Waals surface area contributed by atoms with Crippen molar-refractivity contribution < 1.29 is 15.0 Å². The van der Waals surface area contributed by atoms with Gasteiger partial charge in [-0.05, 0) is 23.6 Å². The third-order valence-electron chi connectivity index (χ3n) is 2.59. The lowest BCUT2D eigenvalue weighted by Gasteiger charge is -1.90. The topological polar surface area (TPSA) is 86.2 Å². The highest BCUT2D eigenvalue weighted by atomic mass is 32.1. The zero-order chi connectivity index (χ0) is 12.7. The van der Waals surface area contributed by atoms with E-state index in [1.165, 1.54) is 17.4 Å². The summed E-state index contributed by atoms with van der Waals surface area (Å²) in [7, 11) is 0. The van der Waals surface area contributed by atoms with Gasteiger partial charge in [-0.2, -0.15) is 5.10 Å². The minimum Gasteiger partial charge on any atom is -0.506 e. The van der Waals surface area contributed by atoms with E-state index in [0.29, 0.717) is 5.69 Å². The lowest BCUT2D eigenvalue weighted by Crippen LogP contribution is -1.95. The number of thiophene rings is 1. The van der Waals surface area contributed by atoms with E-state index in [-0.39, 0.29) is 11.4 Å². The molecule has 0 fully saturated rings. The molecule has 3 aromatic rings. The number of H-pyrrole nitrogens is 1. The van der Waals surface area contributed by atoms with Crippen molar-refractivity contribution in [2.75, 3.05) is 0 Å². The first-order valence-corrected chi connectivity index (χ1v) is 5.97. The molecule has 0 atom stereocenters. The number of aromatic nitrogens is 2. The van der Waals surface area contributed by atoms with E-state index in [9.17, 15) is 9.90 Å². The molecule has 0 saturated carbocycles. The summed E-state index contributed by atoms with van der Waals surface area (Å²) in [6.07, 6.45) is 0. The number of phenolic OH excluding ortho intramolecular Hbond substituents is 1. The number of fused-ring (bicyclic) bond motifs is 1. The number of phenols is 1. The smallest absolute Gasteiger partial charge is 0.356 e. The van der Waals surface area contributed by atoms with E-state index in [0.717, 1.165) is 15.0 Å². The summed E-state index contributed by atoms with van der Waals surface area (Å²) >= 11 is 1.39. The van der Waals surface area contributed by atoms with Crippen molar-refractivity contribution in [1.82, 2.24) is 10.2 Å². The van der Waals surface area contributed by atoms with Gasteiger partial charge in [0.25, 0.3) is 0 Å². The first-order chi connectivity index (χ1) is 8.65.